The summed E-state index contributed by atoms with van der Waals surface area (Å²) in [4.78, 5) is 12.3. The minimum Gasteiger partial charge on any atom is -0.494 e. The lowest BCUT2D eigenvalue weighted by atomic mass is 10.2. The highest BCUT2D eigenvalue weighted by Crippen LogP contribution is 2.28. The molecule has 1 amide bonds. The van der Waals surface area contributed by atoms with Gasteiger partial charge in [0, 0.05) is 24.7 Å². The van der Waals surface area contributed by atoms with Crippen molar-refractivity contribution in [3.05, 3.63) is 47.3 Å². The van der Waals surface area contributed by atoms with E-state index in [-0.39, 0.29) is 11.9 Å². The van der Waals surface area contributed by atoms with Crippen molar-refractivity contribution in [3.8, 4) is 5.75 Å². The molecule has 1 aliphatic heterocycles. The quantitative estimate of drug-likeness (QED) is 0.783. The maximum absolute atomic E-state index is 12.7. The molecule has 1 aromatic carbocycles. The number of carbonyl (C=O) groups excluding carboxylic acids is 1. The lowest BCUT2D eigenvalue weighted by Crippen LogP contribution is -2.42. The summed E-state index contributed by atoms with van der Waals surface area (Å²) in [5.41, 5.74) is 0.527. The number of benzene rings is 1. The van der Waals surface area contributed by atoms with Crippen LogP contribution in [-0.2, 0) is 10.0 Å². The average molecular weight is 395 g/mol. The largest absolute Gasteiger partial charge is 0.494 e. The summed E-state index contributed by atoms with van der Waals surface area (Å²) in [6.07, 6.45) is 1.54. The Hall–Kier alpha value is -1.90. The first kappa shape index (κ1) is 18.9. The van der Waals surface area contributed by atoms with Crippen LogP contribution in [0.15, 0.2) is 46.0 Å². The van der Waals surface area contributed by atoms with Crippen molar-refractivity contribution in [2.45, 2.75) is 30.0 Å². The Morgan fingerprint density at radius 2 is 2.08 bits per heavy atom. The molecule has 3 rings (SSSR count). The number of hydrogen-bond acceptors (Lipinski definition) is 5. The summed E-state index contributed by atoms with van der Waals surface area (Å²) in [6, 6.07) is 10.0. The van der Waals surface area contributed by atoms with Crippen molar-refractivity contribution in [2.75, 3.05) is 19.7 Å². The van der Waals surface area contributed by atoms with Gasteiger partial charge in [-0.25, -0.2) is 8.42 Å². The first-order chi connectivity index (χ1) is 12.5. The summed E-state index contributed by atoms with van der Waals surface area (Å²) in [6.45, 7) is 3.26. The standard InChI is InChI=1S/C18H22N2O4S2/c1-2-24-16-9-7-14(8-10-16)18(21)19-13-15-5-3-11-20(15)26(22,23)17-6-4-12-25-17/h4,6-10,12,15H,2-3,5,11,13H2,1H3,(H,19,21)/t15-/m0/s1. The fraction of sp³-hybridized carbons (Fsp3) is 0.389. The van der Waals surface area contributed by atoms with Crippen LogP contribution in [0.3, 0.4) is 0 Å². The Morgan fingerprint density at radius 3 is 2.73 bits per heavy atom. The summed E-state index contributed by atoms with van der Waals surface area (Å²) in [5.74, 6) is 0.501. The predicted octanol–water partition coefficient (Wildman–Crippen LogP) is 2.73. The number of amides is 1. The zero-order valence-electron chi connectivity index (χ0n) is 14.6. The number of rotatable bonds is 7. The number of ether oxygens (including phenoxy) is 1. The van der Waals surface area contributed by atoms with E-state index in [0.29, 0.717) is 35.2 Å². The zero-order chi connectivity index (χ0) is 18.6. The Kier molecular flexibility index (Phi) is 5.95. The second-order valence-electron chi connectivity index (χ2n) is 6.01. The van der Waals surface area contributed by atoms with Gasteiger partial charge in [0.15, 0.2) is 0 Å². The summed E-state index contributed by atoms with van der Waals surface area (Å²) in [5, 5.41) is 4.61. The normalized spacial score (nSPS) is 18.0. The first-order valence-electron chi connectivity index (χ1n) is 8.59. The summed E-state index contributed by atoms with van der Waals surface area (Å²) in [7, 11) is -3.48. The molecule has 0 bridgehead atoms. The number of carbonyl (C=O) groups is 1. The first-order valence-corrected chi connectivity index (χ1v) is 10.9. The summed E-state index contributed by atoms with van der Waals surface area (Å²) >= 11 is 1.22. The van der Waals surface area contributed by atoms with Crippen LogP contribution >= 0.6 is 11.3 Å². The van der Waals surface area contributed by atoms with Gasteiger partial charge < -0.3 is 10.1 Å². The highest BCUT2D eigenvalue weighted by Gasteiger charge is 2.35. The van der Waals surface area contributed by atoms with Crippen LogP contribution < -0.4 is 10.1 Å². The monoisotopic (exact) mass is 394 g/mol. The molecule has 6 nitrogen and oxygen atoms in total. The number of nitrogens with zero attached hydrogens (tertiary/aromatic N) is 1. The molecule has 0 spiro atoms. The molecule has 140 valence electrons. The van der Waals surface area contributed by atoms with Gasteiger partial charge in [-0.3, -0.25) is 4.79 Å². The fourth-order valence-electron chi connectivity index (χ4n) is 3.04. The van der Waals surface area contributed by atoms with Gasteiger partial charge in [0.05, 0.1) is 6.61 Å². The maximum atomic E-state index is 12.7. The van der Waals surface area contributed by atoms with E-state index in [1.807, 2.05) is 6.92 Å². The van der Waals surface area contributed by atoms with Gasteiger partial charge in [-0.15, -0.1) is 11.3 Å². The Balaban J connectivity index is 1.62. The van der Waals surface area contributed by atoms with E-state index < -0.39 is 10.0 Å². The number of sulfonamides is 1. The molecule has 1 atom stereocenters. The van der Waals surface area contributed by atoms with Crippen molar-refractivity contribution in [2.24, 2.45) is 0 Å². The minimum absolute atomic E-state index is 0.214. The van der Waals surface area contributed by atoms with Gasteiger partial charge in [0.1, 0.15) is 9.96 Å². The van der Waals surface area contributed by atoms with Gasteiger partial charge in [0.25, 0.3) is 15.9 Å². The van der Waals surface area contributed by atoms with E-state index in [1.165, 1.54) is 15.6 Å². The smallest absolute Gasteiger partial charge is 0.252 e. The highest BCUT2D eigenvalue weighted by atomic mass is 32.2. The molecule has 0 unspecified atom stereocenters. The van der Waals surface area contributed by atoms with Crippen molar-refractivity contribution >= 4 is 27.3 Å². The minimum atomic E-state index is -3.48. The lowest BCUT2D eigenvalue weighted by molar-refractivity contribution is 0.0946. The molecule has 2 aromatic rings. The number of hydrogen-bond donors (Lipinski definition) is 1. The van der Waals surface area contributed by atoms with Gasteiger partial charge >= 0.3 is 0 Å². The Labute approximate surface area is 157 Å². The van der Waals surface area contributed by atoms with E-state index in [2.05, 4.69) is 5.32 Å². The van der Waals surface area contributed by atoms with Gasteiger partial charge in [-0.1, -0.05) is 6.07 Å². The van der Waals surface area contributed by atoms with Crippen molar-refractivity contribution < 1.29 is 17.9 Å². The molecule has 1 aromatic heterocycles. The number of thiophene rings is 1. The van der Waals surface area contributed by atoms with Crippen LogP contribution in [0.25, 0.3) is 0 Å². The van der Waals surface area contributed by atoms with E-state index >= 15 is 0 Å². The molecule has 0 radical (unpaired) electrons. The predicted molar refractivity (Wildman–Crippen MR) is 101 cm³/mol. The van der Waals surface area contributed by atoms with Crippen molar-refractivity contribution in [3.63, 3.8) is 0 Å². The third-order valence-electron chi connectivity index (χ3n) is 4.31. The van der Waals surface area contributed by atoms with Crippen LogP contribution in [0.2, 0.25) is 0 Å². The molecular formula is C18H22N2O4S2. The van der Waals surface area contributed by atoms with Crippen LogP contribution in [0.5, 0.6) is 5.75 Å². The fourth-order valence-corrected chi connectivity index (χ4v) is 5.85. The van der Waals surface area contributed by atoms with E-state index in [4.69, 9.17) is 4.74 Å². The van der Waals surface area contributed by atoms with Gasteiger partial charge in [-0.05, 0) is 55.5 Å². The molecule has 0 aliphatic carbocycles. The topological polar surface area (TPSA) is 75.7 Å². The molecule has 1 saturated heterocycles. The second kappa shape index (κ2) is 8.20. The Morgan fingerprint density at radius 1 is 1.31 bits per heavy atom. The third-order valence-corrected chi connectivity index (χ3v) is 7.63. The zero-order valence-corrected chi connectivity index (χ0v) is 16.2. The van der Waals surface area contributed by atoms with Gasteiger partial charge in [0.2, 0.25) is 0 Å². The highest BCUT2D eigenvalue weighted by molar-refractivity contribution is 7.91. The van der Waals surface area contributed by atoms with Gasteiger partial charge in [-0.2, -0.15) is 4.31 Å². The molecule has 1 aliphatic rings. The number of nitrogens with one attached hydrogen (secondary N) is 1. The van der Waals surface area contributed by atoms with Crippen LogP contribution in [0.4, 0.5) is 0 Å². The maximum Gasteiger partial charge on any atom is 0.252 e. The average Bonchev–Trinajstić information content (AvgIpc) is 3.33. The lowest BCUT2D eigenvalue weighted by Gasteiger charge is -2.23. The van der Waals surface area contributed by atoms with E-state index in [1.54, 1.807) is 41.8 Å². The van der Waals surface area contributed by atoms with Crippen LogP contribution in [0.1, 0.15) is 30.1 Å². The van der Waals surface area contributed by atoms with Crippen LogP contribution in [-0.4, -0.2) is 44.4 Å². The molecular weight excluding hydrogens is 372 g/mol. The van der Waals surface area contributed by atoms with Crippen molar-refractivity contribution in [1.82, 2.24) is 9.62 Å². The SMILES string of the molecule is CCOc1ccc(C(=O)NC[C@@H]2CCCN2S(=O)(=O)c2cccs2)cc1. The molecule has 1 N–H and O–H groups in total. The second-order valence-corrected chi connectivity index (χ2v) is 9.08. The molecule has 0 saturated carbocycles. The Bertz CT molecular complexity index is 833. The molecule has 1 fully saturated rings. The van der Waals surface area contributed by atoms with E-state index in [9.17, 15) is 13.2 Å². The molecule has 8 heteroatoms. The van der Waals surface area contributed by atoms with E-state index in [0.717, 1.165) is 12.8 Å². The molecule has 26 heavy (non-hydrogen) atoms. The summed E-state index contributed by atoms with van der Waals surface area (Å²) < 4.78 is 32.7. The van der Waals surface area contributed by atoms with Crippen molar-refractivity contribution in [1.29, 1.82) is 0 Å². The third kappa shape index (κ3) is 4.08. The van der Waals surface area contributed by atoms with Crippen LogP contribution in [0, 0.1) is 0 Å². The molecule has 2 heterocycles.